The molecular weight excluding hydrogens is 544 g/mol. The first kappa shape index (κ1) is 26.7. The van der Waals surface area contributed by atoms with Crippen molar-refractivity contribution >= 4 is 43.4 Å². The van der Waals surface area contributed by atoms with Crippen molar-refractivity contribution in [3.8, 4) is 0 Å². The van der Waals surface area contributed by atoms with E-state index < -0.39 is 10.0 Å². The summed E-state index contributed by atoms with van der Waals surface area (Å²) in [4.78, 5) is 23.3. The van der Waals surface area contributed by atoms with E-state index >= 15 is 0 Å². The fraction of sp³-hybridized carbons (Fsp3) is 0.294. The third-order valence-corrected chi connectivity index (χ3v) is 10.9. The number of rotatable bonds is 5. The van der Waals surface area contributed by atoms with Gasteiger partial charge in [0.2, 0.25) is 5.91 Å². The van der Waals surface area contributed by atoms with Crippen LogP contribution in [0.4, 0.5) is 5.69 Å². The van der Waals surface area contributed by atoms with Gasteiger partial charge in [-0.2, -0.15) is 0 Å². The lowest BCUT2D eigenvalue weighted by molar-refractivity contribution is -0.148. The summed E-state index contributed by atoms with van der Waals surface area (Å²) in [6.45, 7) is 4.65. The van der Waals surface area contributed by atoms with Crippen LogP contribution in [-0.2, 0) is 21.4 Å². The minimum Gasteiger partial charge on any atom is -0.370 e. The molecule has 0 N–H and O–H groups in total. The van der Waals surface area contributed by atoms with Gasteiger partial charge in [0, 0.05) is 43.1 Å². The second kappa shape index (κ2) is 10.3. The Morgan fingerprint density at radius 1 is 0.881 bits per heavy atom. The second-order valence-corrected chi connectivity index (χ2v) is 13.6. The molecular formula is C34H34N4O3S. The lowest BCUT2D eigenvalue weighted by atomic mass is 9.71. The van der Waals surface area contributed by atoms with Crippen LogP contribution in [0.15, 0.2) is 96.2 Å². The first-order chi connectivity index (χ1) is 20.3. The molecule has 1 amide bonds. The number of anilines is 1. The molecule has 0 radical (unpaired) electrons. The van der Waals surface area contributed by atoms with Gasteiger partial charge in [-0.3, -0.25) is 9.78 Å². The number of likely N-dealkylation sites (tertiary alicyclic amines) is 1. The van der Waals surface area contributed by atoms with Gasteiger partial charge in [0.15, 0.2) is 0 Å². The molecule has 7 nitrogen and oxygen atoms in total. The van der Waals surface area contributed by atoms with Crippen molar-refractivity contribution in [1.29, 1.82) is 0 Å². The topological polar surface area (TPSA) is 75.5 Å². The number of hydrogen-bond acceptors (Lipinski definition) is 5. The van der Waals surface area contributed by atoms with Gasteiger partial charge >= 0.3 is 0 Å². The van der Waals surface area contributed by atoms with Crippen LogP contribution in [0.1, 0.15) is 36.8 Å². The van der Waals surface area contributed by atoms with Crippen molar-refractivity contribution in [1.82, 2.24) is 13.9 Å². The molecule has 1 spiro atoms. The van der Waals surface area contributed by atoms with Crippen LogP contribution in [0.5, 0.6) is 0 Å². The van der Waals surface area contributed by atoms with Gasteiger partial charge in [-0.15, -0.1) is 0 Å². The molecule has 0 saturated carbocycles. The predicted octanol–water partition coefficient (Wildman–Crippen LogP) is 6.14. The molecule has 0 atom stereocenters. The molecule has 3 aromatic carbocycles. The van der Waals surface area contributed by atoms with Gasteiger partial charge in [-0.05, 0) is 68.5 Å². The van der Waals surface area contributed by atoms with E-state index in [4.69, 9.17) is 0 Å². The molecule has 5 aromatic rings. The zero-order valence-corrected chi connectivity index (χ0v) is 24.6. The van der Waals surface area contributed by atoms with Crippen LogP contribution in [0.2, 0.25) is 0 Å². The van der Waals surface area contributed by atoms with E-state index in [1.54, 1.807) is 18.3 Å². The third-order valence-electron chi connectivity index (χ3n) is 9.19. The maximum Gasteiger partial charge on any atom is 0.268 e. The number of pyridine rings is 1. The molecule has 2 saturated heterocycles. The fourth-order valence-corrected chi connectivity index (χ4v) is 8.16. The first-order valence-corrected chi connectivity index (χ1v) is 16.1. The third kappa shape index (κ3) is 4.54. The van der Waals surface area contributed by atoms with Crippen molar-refractivity contribution in [3.63, 3.8) is 0 Å². The van der Waals surface area contributed by atoms with E-state index in [-0.39, 0.29) is 16.2 Å². The summed E-state index contributed by atoms with van der Waals surface area (Å²) in [5.74, 6) is 0.197. The van der Waals surface area contributed by atoms with Crippen LogP contribution in [0.3, 0.4) is 0 Å². The molecule has 7 rings (SSSR count). The number of hydrogen-bond donors (Lipinski definition) is 0. The van der Waals surface area contributed by atoms with Gasteiger partial charge < -0.3 is 9.80 Å². The fourth-order valence-electron chi connectivity index (χ4n) is 6.76. The maximum atomic E-state index is 14.1. The van der Waals surface area contributed by atoms with Crippen LogP contribution in [-0.4, -0.2) is 47.8 Å². The molecule has 214 valence electrons. The Labute approximate surface area is 246 Å². The summed E-state index contributed by atoms with van der Waals surface area (Å²) in [7, 11) is -3.79. The van der Waals surface area contributed by atoms with E-state index in [0.717, 1.165) is 71.9 Å². The number of carbonyl (C=O) groups is 1. The van der Waals surface area contributed by atoms with Gasteiger partial charge in [0.1, 0.15) is 0 Å². The Morgan fingerprint density at radius 3 is 2.43 bits per heavy atom. The van der Waals surface area contributed by atoms with Crippen LogP contribution < -0.4 is 4.90 Å². The maximum absolute atomic E-state index is 14.1. The number of fused-ring (bicyclic) bond motifs is 2. The average Bonchev–Trinajstić information content (AvgIpc) is 3.39. The van der Waals surface area contributed by atoms with Crippen molar-refractivity contribution in [2.75, 3.05) is 24.5 Å². The van der Waals surface area contributed by atoms with E-state index in [2.05, 4.69) is 22.0 Å². The van der Waals surface area contributed by atoms with Crippen molar-refractivity contribution in [2.45, 2.75) is 44.0 Å². The standard InChI is InChI=1S/C34H34N4O3S/c1-25-11-13-29(14-12-25)42(40,41)38-24-27(30-8-3-5-10-32(30)38)23-37-18-6-15-34(33(37)39)16-19-36(20-17-34)28-21-26-7-2-4-9-31(26)35-22-28/h2-5,7-14,21-22,24H,6,15-20,23H2,1H3. The lowest BCUT2D eigenvalue weighted by Crippen LogP contribution is -2.53. The van der Waals surface area contributed by atoms with Gasteiger partial charge in [0.05, 0.1) is 33.2 Å². The largest absolute Gasteiger partial charge is 0.370 e. The Kier molecular flexibility index (Phi) is 6.54. The predicted molar refractivity (Wildman–Crippen MR) is 166 cm³/mol. The normalized spacial score (nSPS) is 17.4. The van der Waals surface area contributed by atoms with E-state index in [1.165, 1.54) is 3.97 Å². The average molecular weight is 579 g/mol. The summed E-state index contributed by atoms with van der Waals surface area (Å²) in [5, 5.41) is 1.98. The molecule has 0 aliphatic carbocycles. The molecule has 0 bridgehead atoms. The highest BCUT2D eigenvalue weighted by Crippen LogP contribution is 2.43. The van der Waals surface area contributed by atoms with E-state index in [9.17, 15) is 13.2 Å². The number of para-hydroxylation sites is 2. The smallest absolute Gasteiger partial charge is 0.268 e. The van der Waals surface area contributed by atoms with Gasteiger partial charge in [0.25, 0.3) is 10.0 Å². The molecule has 2 aliphatic rings. The highest BCUT2D eigenvalue weighted by Gasteiger charge is 2.45. The quantitative estimate of drug-likeness (QED) is 0.250. The first-order valence-electron chi connectivity index (χ1n) is 14.6. The Morgan fingerprint density at radius 2 is 1.62 bits per heavy atom. The number of aryl methyl sites for hydroxylation is 1. The monoisotopic (exact) mass is 578 g/mol. The zero-order valence-electron chi connectivity index (χ0n) is 23.7. The zero-order chi connectivity index (χ0) is 28.9. The summed E-state index contributed by atoms with van der Waals surface area (Å²) in [6, 6.07) is 24.8. The summed E-state index contributed by atoms with van der Waals surface area (Å²) in [6.07, 6.45) is 7.11. The van der Waals surface area contributed by atoms with Crippen LogP contribution in [0.25, 0.3) is 21.8 Å². The minimum absolute atomic E-state index is 0.197. The van der Waals surface area contributed by atoms with Crippen molar-refractivity contribution in [2.24, 2.45) is 5.41 Å². The van der Waals surface area contributed by atoms with E-state index in [1.807, 2.05) is 72.6 Å². The summed E-state index contributed by atoms with van der Waals surface area (Å²) >= 11 is 0. The Hall–Kier alpha value is -4.17. The molecule has 2 aromatic heterocycles. The minimum atomic E-state index is -3.79. The number of nitrogens with zero attached hydrogens (tertiary/aromatic N) is 4. The van der Waals surface area contributed by atoms with E-state index in [0.29, 0.717) is 18.6 Å². The molecule has 4 heterocycles. The van der Waals surface area contributed by atoms with Crippen molar-refractivity contribution < 1.29 is 13.2 Å². The Balaban J connectivity index is 1.13. The number of aromatic nitrogens is 2. The number of amides is 1. The Bertz CT molecular complexity index is 1900. The van der Waals surface area contributed by atoms with Crippen molar-refractivity contribution in [3.05, 3.63) is 102 Å². The summed E-state index contributed by atoms with van der Waals surface area (Å²) < 4.78 is 28.7. The SMILES string of the molecule is Cc1ccc(S(=O)(=O)n2cc(CN3CCCC4(CCN(c5cnc6ccccc6c5)CC4)C3=O)c3ccccc32)cc1. The molecule has 8 heteroatoms. The highest BCUT2D eigenvalue weighted by molar-refractivity contribution is 7.90. The van der Waals surface area contributed by atoms with Gasteiger partial charge in [-0.25, -0.2) is 12.4 Å². The highest BCUT2D eigenvalue weighted by atomic mass is 32.2. The molecule has 2 fully saturated rings. The number of benzene rings is 3. The molecule has 2 aliphatic heterocycles. The summed E-state index contributed by atoms with van der Waals surface area (Å²) in [5.41, 5.74) is 4.21. The number of piperidine rings is 2. The van der Waals surface area contributed by atoms with Gasteiger partial charge in [-0.1, -0.05) is 54.1 Å². The molecule has 42 heavy (non-hydrogen) atoms. The van der Waals surface area contributed by atoms with Crippen LogP contribution >= 0.6 is 0 Å². The number of carbonyl (C=O) groups excluding carboxylic acids is 1. The molecule has 0 unspecified atom stereocenters. The van der Waals surface area contributed by atoms with Crippen LogP contribution in [0, 0.1) is 12.3 Å². The lowest BCUT2D eigenvalue weighted by Gasteiger charge is -2.47. The second-order valence-electron chi connectivity index (χ2n) is 11.8.